The van der Waals surface area contributed by atoms with Crippen molar-refractivity contribution in [2.75, 3.05) is 24.7 Å². The molecule has 1 amide bonds. The Morgan fingerprint density at radius 2 is 1.55 bits per heavy atom. The van der Waals surface area contributed by atoms with Crippen molar-refractivity contribution in [1.29, 1.82) is 0 Å². The first-order chi connectivity index (χ1) is 21.3. The highest BCUT2D eigenvalue weighted by Crippen LogP contribution is 2.41. The first kappa shape index (κ1) is 34.1. The lowest BCUT2D eigenvalue weighted by molar-refractivity contribution is -0.118. The number of aromatic nitrogens is 4. The van der Waals surface area contributed by atoms with Crippen LogP contribution in [0, 0.1) is 19.8 Å². The van der Waals surface area contributed by atoms with E-state index >= 15 is 0 Å². The van der Waals surface area contributed by atoms with E-state index in [0.29, 0.717) is 41.6 Å². The lowest BCUT2D eigenvalue weighted by Crippen LogP contribution is -2.23. The van der Waals surface area contributed by atoms with E-state index in [1.54, 1.807) is 4.63 Å². The van der Waals surface area contributed by atoms with Crippen molar-refractivity contribution in [2.45, 2.75) is 86.0 Å². The smallest absolute Gasteiger partial charge is 0.227 e. The third kappa shape index (κ3) is 9.13. The molecule has 2 N–H and O–H groups in total. The molecule has 0 saturated heterocycles. The molecule has 0 bridgehead atoms. The van der Waals surface area contributed by atoms with E-state index in [2.05, 4.69) is 60.3 Å². The van der Waals surface area contributed by atoms with Crippen molar-refractivity contribution in [2.24, 2.45) is 5.92 Å². The Morgan fingerprint density at radius 3 is 2.11 bits per heavy atom. The van der Waals surface area contributed by atoms with Gasteiger partial charge in [-0.2, -0.15) is 0 Å². The minimum Gasteiger partial charge on any atom is -0.334 e. The molecule has 0 radical (unpaired) electrons. The number of nitrogens with zero attached hydrogens (tertiary/aromatic N) is 3. The fourth-order valence-corrected chi connectivity index (χ4v) is 6.91. The quantitative estimate of drug-likeness (QED) is 0.0835. The zero-order chi connectivity index (χ0) is 31.5. The van der Waals surface area contributed by atoms with Gasteiger partial charge >= 0.3 is 0 Å². The second kappa shape index (κ2) is 17.1. The Morgan fingerprint density at radius 1 is 0.932 bits per heavy atom. The van der Waals surface area contributed by atoms with E-state index in [0.717, 1.165) is 53.6 Å². The van der Waals surface area contributed by atoms with Gasteiger partial charge in [-0.3, -0.25) is 4.79 Å². The van der Waals surface area contributed by atoms with E-state index < -0.39 is 8.38 Å². The number of H-pyrrole nitrogens is 1. The number of amides is 1. The maximum atomic E-state index is 13.1. The lowest BCUT2D eigenvalue weighted by Gasteiger charge is -2.21. The van der Waals surface area contributed by atoms with Crippen LogP contribution < -0.4 is 5.32 Å². The Hall–Kier alpha value is -2.77. The van der Waals surface area contributed by atoms with Crippen LogP contribution in [0.1, 0.15) is 83.3 Å². The molecule has 4 rings (SSSR count). The van der Waals surface area contributed by atoms with Gasteiger partial charge in [0.25, 0.3) is 0 Å². The average molecular weight is 640 g/mol. The number of anilines is 1. The number of hydrogen-bond donors (Lipinski definition) is 2. The molecule has 2 heterocycles. The number of nitrogens with one attached hydrogen (secondary N) is 2. The first-order valence-corrected chi connectivity index (χ1v) is 17.7. The van der Waals surface area contributed by atoms with Crippen molar-refractivity contribution in [3.05, 3.63) is 58.6 Å². The fourth-order valence-electron chi connectivity index (χ4n) is 5.09. The molecule has 2 aromatic carbocycles. The summed E-state index contributed by atoms with van der Waals surface area (Å²) in [4.78, 5) is 16.4. The van der Waals surface area contributed by atoms with E-state index in [1.165, 1.54) is 25.7 Å². The van der Waals surface area contributed by atoms with Crippen molar-refractivity contribution in [3.8, 4) is 22.6 Å². The minimum absolute atomic E-state index is 0.0447. The summed E-state index contributed by atoms with van der Waals surface area (Å²) in [6.45, 7) is 11.8. The number of carbonyl (C=O) groups excluding carboxylic acids is 1. The van der Waals surface area contributed by atoms with Gasteiger partial charge < -0.3 is 19.3 Å². The fraction of sp³-hybridized carbons (Fsp3) is 0.500. The maximum Gasteiger partial charge on any atom is 0.227 e. The number of benzene rings is 2. The molecule has 2 aromatic heterocycles. The Bertz CT molecular complexity index is 1450. The van der Waals surface area contributed by atoms with Gasteiger partial charge in [-0.1, -0.05) is 89.1 Å². The molecule has 0 aliphatic rings. The Kier molecular flexibility index (Phi) is 13.2. The van der Waals surface area contributed by atoms with Gasteiger partial charge in [0.15, 0.2) is 19.8 Å². The summed E-state index contributed by atoms with van der Waals surface area (Å²) in [5, 5.41) is 12.9. The molecule has 1 atom stereocenters. The van der Waals surface area contributed by atoms with Gasteiger partial charge in [0.1, 0.15) is 10.7 Å². The van der Waals surface area contributed by atoms with Gasteiger partial charge in [-0.05, 0) is 62.1 Å². The van der Waals surface area contributed by atoms with Crippen molar-refractivity contribution >= 4 is 37.2 Å². The zero-order valence-corrected chi connectivity index (χ0v) is 28.4. The molecule has 0 saturated carbocycles. The number of carbonyl (C=O) groups is 1. The van der Waals surface area contributed by atoms with Gasteiger partial charge in [0.2, 0.25) is 5.91 Å². The average Bonchev–Trinajstić information content (AvgIpc) is 3.56. The van der Waals surface area contributed by atoms with Gasteiger partial charge in [-0.25, -0.2) is 0 Å². The predicted octanol–water partition coefficient (Wildman–Crippen LogP) is 9.74. The van der Waals surface area contributed by atoms with E-state index in [4.69, 9.17) is 20.6 Å². The van der Waals surface area contributed by atoms with Crippen LogP contribution in [0.2, 0.25) is 5.02 Å². The molecule has 44 heavy (non-hydrogen) atoms. The SMILES string of the molecule is CCCCCCOP(CC(C)C(=O)Nc1ccc(-c2nn3nc(-c4c(C)cccc4C)c(Cl)c3[nH]2)cc1)OCCCCCC. The standard InChI is InChI=1S/C34H47ClN5O3P/c1-6-8-10-12-21-42-44(43-22-13-11-9-7-2)23-26(5)34(41)36-28-19-17-27(18-20-28)32-37-33-30(35)31(38-40(33)39-32)29-24(3)15-14-16-25(29)4/h14-20,26H,6-13,21-23H2,1-5H3,(H,36,41)(H,37,39). The largest absolute Gasteiger partial charge is 0.334 e. The summed E-state index contributed by atoms with van der Waals surface area (Å²) in [6.07, 6.45) is 9.78. The van der Waals surface area contributed by atoms with Crippen LogP contribution >= 0.6 is 20.0 Å². The van der Waals surface area contributed by atoms with E-state index in [9.17, 15) is 4.79 Å². The monoisotopic (exact) mass is 639 g/mol. The highest BCUT2D eigenvalue weighted by Gasteiger charge is 2.22. The third-order valence-electron chi connectivity index (χ3n) is 7.72. The molecule has 0 fully saturated rings. The topological polar surface area (TPSA) is 93.5 Å². The highest BCUT2D eigenvalue weighted by molar-refractivity contribution is 7.47. The van der Waals surface area contributed by atoms with Crippen LogP contribution in [0.5, 0.6) is 0 Å². The molecule has 0 spiro atoms. The van der Waals surface area contributed by atoms with Gasteiger partial charge in [-0.15, -0.1) is 14.8 Å². The summed E-state index contributed by atoms with van der Waals surface area (Å²) >= 11 is 6.76. The molecular formula is C34H47ClN5O3P. The highest BCUT2D eigenvalue weighted by atomic mass is 35.5. The van der Waals surface area contributed by atoms with Gasteiger partial charge in [0, 0.05) is 28.9 Å². The molecule has 238 valence electrons. The predicted molar refractivity (Wildman–Crippen MR) is 182 cm³/mol. The first-order valence-electron chi connectivity index (χ1n) is 16.0. The van der Waals surface area contributed by atoms with Crippen LogP contribution in [0.4, 0.5) is 5.69 Å². The number of aromatic amines is 1. The van der Waals surface area contributed by atoms with Crippen molar-refractivity contribution < 1.29 is 13.8 Å². The van der Waals surface area contributed by atoms with Crippen LogP contribution in [-0.4, -0.2) is 45.1 Å². The van der Waals surface area contributed by atoms with Crippen LogP contribution in [-0.2, 0) is 13.8 Å². The number of rotatable bonds is 18. The lowest BCUT2D eigenvalue weighted by atomic mass is 10.0. The van der Waals surface area contributed by atoms with Crippen molar-refractivity contribution in [3.63, 3.8) is 0 Å². The summed E-state index contributed by atoms with van der Waals surface area (Å²) in [7, 11) is -1.11. The molecular weight excluding hydrogens is 593 g/mol. The van der Waals surface area contributed by atoms with Crippen LogP contribution in [0.25, 0.3) is 28.3 Å². The van der Waals surface area contributed by atoms with Crippen LogP contribution in [0.15, 0.2) is 42.5 Å². The maximum absolute atomic E-state index is 13.1. The number of hydrogen-bond acceptors (Lipinski definition) is 5. The number of halogens is 1. The van der Waals surface area contributed by atoms with Gasteiger partial charge in [0.05, 0.1) is 13.2 Å². The zero-order valence-electron chi connectivity index (χ0n) is 26.8. The molecule has 10 heteroatoms. The molecule has 1 unspecified atom stereocenters. The second-order valence-corrected chi connectivity index (χ2v) is 13.4. The Balaban J connectivity index is 1.35. The summed E-state index contributed by atoms with van der Waals surface area (Å²) in [5.41, 5.74) is 6.19. The Labute approximate surface area is 268 Å². The van der Waals surface area contributed by atoms with Crippen LogP contribution in [0.3, 0.4) is 0 Å². The molecule has 0 aliphatic carbocycles. The summed E-state index contributed by atoms with van der Waals surface area (Å²) in [6, 6.07) is 13.7. The minimum atomic E-state index is -1.11. The molecule has 4 aromatic rings. The molecule has 8 nitrogen and oxygen atoms in total. The van der Waals surface area contributed by atoms with E-state index in [1.807, 2.05) is 37.3 Å². The second-order valence-electron chi connectivity index (χ2n) is 11.5. The van der Waals surface area contributed by atoms with Crippen molar-refractivity contribution in [1.82, 2.24) is 19.8 Å². The number of fused-ring (bicyclic) bond motifs is 1. The number of aryl methyl sites for hydroxylation is 2. The molecule has 0 aliphatic heterocycles. The third-order valence-corrected chi connectivity index (χ3v) is 9.87. The van der Waals surface area contributed by atoms with E-state index in [-0.39, 0.29) is 11.8 Å². The number of unbranched alkanes of at least 4 members (excludes halogenated alkanes) is 6. The summed E-state index contributed by atoms with van der Waals surface area (Å²) < 4.78 is 13.8. The normalized spacial score (nSPS) is 12.3. The summed E-state index contributed by atoms with van der Waals surface area (Å²) in [5.74, 6) is 0.362.